The van der Waals surface area contributed by atoms with E-state index in [-0.39, 0.29) is 18.1 Å². The Hall–Kier alpha value is -2.76. The maximum absolute atomic E-state index is 12.8. The molecule has 5 heteroatoms. The Morgan fingerprint density at radius 2 is 1.79 bits per heavy atom. The summed E-state index contributed by atoms with van der Waals surface area (Å²) in [5.74, 6) is 0.597. The van der Waals surface area contributed by atoms with Gasteiger partial charge in [0.15, 0.2) is 0 Å². The average molecular weight is 444 g/mol. The summed E-state index contributed by atoms with van der Waals surface area (Å²) in [4.78, 5) is 19.3. The zero-order valence-electron chi connectivity index (χ0n) is 19.3. The zero-order valence-corrected chi connectivity index (χ0v) is 19.3. The van der Waals surface area contributed by atoms with Crippen LogP contribution in [0, 0.1) is 0 Å². The number of carbonyl (C=O) groups is 1. The lowest BCUT2D eigenvalue weighted by molar-refractivity contribution is 0.0546. The van der Waals surface area contributed by atoms with Gasteiger partial charge in [0.05, 0.1) is 11.8 Å². The first-order valence-corrected chi connectivity index (χ1v) is 12.3. The van der Waals surface area contributed by atoms with Gasteiger partial charge in [0.1, 0.15) is 0 Å². The number of likely N-dealkylation sites (tertiary alicyclic amines) is 1. The lowest BCUT2D eigenvalue weighted by Gasteiger charge is -2.29. The Labute approximate surface area is 195 Å². The predicted molar refractivity (Wildman–Crippen MR) is 131 cm³/mol. The van der Waals surface area contributed by atoms with Crippen molar-refractivity contribution in [1.29, 1.82) is 0 Å². The molecule has 5 nitrogen and oxygen atoms in total. The number of nitrogens with zero attached hydrogens (tertiary/aromatic N) is 2. The molecule has 3 aromatic rings. The van der Waals surface area contributed by atoms with Crippen molar-refractivity contribution in [2.45, 2.75) is 63.1 Å². The number of aliphatic hydroxyl groups is 1. The standard InChI is InChI=1S/C28H33N3O2/c1-19(27-26-5-3-2-4-21(26)12-15-29-27)30-24-11-10-23(18-24)20-6-8-22(9-7-20)28(33)31-16-13-25(32)14-17-31/h2-9,12,15,19,23-25,30,32H,10-11,13-14,16-18H2,1H3/t19-,23+,24?/m1/s1. The van der Waals surface area contributed by atoms with E-state index in [2.05, 4.69) is 59.7 Å². The first-order valence-electron chi connectivity index (χ1n) is 12.3. The molecular weight excluding hydrogens is 410 g/mol. The Bertz CT molecular complexity index is 1100. The molecule has 5 rings (SSSR count). The Kier molecular flexibility index (Phi) is 6.43. The molecule has 1 aromatic heterocycles. The maximum atomic E-state index is 12.8. The van der Waals surface area contributed by atoms with Crippen LogP contribution in [-0.2, 0) is 0 Å². The van der Waals surface area contributed by atoms with E-state index in [1.165, 1.54) is 16.3 Å². The molecule has 1 unspecified atom stereocenters. The molecule has 2 fully saturated rings. The quantitative estimate of drug-likeness (QED) is 0.593. The zero-order chi connectivity index (χ0) is 22.8. The third kappa shape index (κ3) is 4.80. The average Bonchev–Trinajstić information content (AvgIpc) is 3.32. The van der Waals surface area contributed by atoms with Crippen LogP contribution < -0.4 is 5.32 Å². The second-order valence-electron chi connectivity index (χ2n) is 9.66. The van der Waals surface area contributed by atoms with Gasteiger partial charge in [0, 0.05) is 42.3 Å². The molecule has 172 valence electrons. The fraction of sp³-hybridized carbons (Fsp3) is 0.429. The Morgan fingerprint density at radius 1 is 1.03 bits per heavy atom. The Morgan fingerprint density at radius 3 is 2.58 bits per heavy atom. The van der Waals surface area contributed by atoms with Gasteiger partial charge in [-0.15, -0.1) is 0 Å². The van der Waals surface area contributed by atoms with Gasteiger partial charge in [0.2, 0.25) is 0 Å². The molecule has 1 aliphatic heterocycles. The smallest absolute Gasteiger partial charge is 0.253 e. The fourth-order valence-electron chi connectivity index (χ4n) is 5.51. The second-order valence-corrected chi connectivity index (χ2v) is 9.66. The first kappa shape index (κ1) is 22.1. The van der Waals surface area contributed by atoms with Gasteiger partial charge in [-0.2, -0.15) is 0 Å². The number of fused-ring (bicyclic) bond motifs is 1. The van der Waals surface area contributed by atoms with Crippen LogP contribution in [0.4, 0.5) is 0 Å². The largest absolute Gasteiger partial charge is 0.393 e. The molecule has 1 aliphatic carbocycles. The predicted octanol–water partition coefficient (Wildman–Crippen LogP) is 4.82. The number of rotatable bonds is 5. The number of amides is 1. The highest BCUT2D eigenvalue weighted by Crippen LogP contribution is 2.36. The van der Waals surface area contributed by atoms with Gasteiger partial charge >= 0.3 is 0 Å². The molecule has 3 atom stereocenters. The number of benzene rings is 2. The molecule has 2 N–H and O–H groups in total. The highest BCUT2D eigenvalue weighted by Gasteiger charge is 2.28. The summed E-state index contributed by atoms with van der Waals surface area (Å²) in [7, 11) is 0. The first-order chi connectivity index (χ1) is 16.1. The minimum Gasteiger partial charge on any atom is -0.393 e. The highest BCUT2D eigenvalue weighted by atomic mass is 16.3. The van der Waals surface area contributed by atoms with Crippen LogP contribution in [0.25, 0.3) is 10.8 Å². The maximum Gasteiger partial charge on any atom is 0.253 e. The van der Waals surface area contributed by atoms with Gasteiger partial charge in [-0.1, -0.05) is 36.4 Å². The van der Waals surface area contributed by atoms with E-state index in [0.29, 0.717) is 37.9 Å². The molecule has 33 heavy (non-hydrogen) atoms. The van der Waals surface area contributed by atoms with Gasteiger partial charge in [-0.25, -0.2) is 0 Å². The van der Waals surface area contributed by atoms with Crippen LogP contribution in [0.1, 0.15) is 72.6 Å². The third-order valence-electron chi connectivity index (χ3n) is 7.41. The van der Waals surface area contributed by atoms with E-state index in [1.54, 1.807) is 0 Å². The summed E-state index contributed by atoms with van der Waals surface area (Å²) in [5, 5.41) is 15.9. The summed E-state index contributed by atoms with van der Waals surface area (Å²) in [5.41, 5.74) is 3.18. The number of carbonyl (C=O) groups excluding carboxylic acids is 1. The SMILES string of the molecule is C[C@@H](NC1CC[C@H](c2ccc(C(=O)N3CCC(O)CC3)cc2)C1)c1nccc2ccccc12. The molecule has 1 saturated heterocycles. The molecule has 0 spiro atoms. The topological polar surface area (TPSA) is 65.5 Å². The number of pyridine rings is 1. The van der Waals surface area contributed by atoms with Crippen LogP contribution in [0.2, 0.25) is 0 Å². The van der Waals surface area contributed by atoms with Crippen molar-refractivity contribution in [2.24, 2.45) is 0 Å². The number of aromatic nitrogens is 1. The van der Waals surface area contributed by atoms with Crippen LogP contribution in [-0.4, -0.2) is 46.1 Å². The molecule has 1 amide bonds. The van der Waals surface area contributed by atoms with Gasteiger partial charge in [-0.3, -0.25) is 9.78 Å². The summed E-state index contributed by atoms with van der Waals surface area (Å²) < 4.78 is 0. The van der Waals surface area contributed by atoms with E-state index in [0.717, 1.165) is 30.5 Å². The van der Waals surface area contributed by atoms with E-state index in [4.69, 9.17) is 0 Å². The summed E-state index contributed by atoms with van der Waals surface area (Å²) in [6.45, 7) is 3.49. The van der Waals surface area contributed by atoms with Crippen molar-refractivity contribution in [3.63, 3.8) is 0 Å². The summed E-state index contributed by atoms with van der Waals surface area (Å²) >= 11 is 0. The monoisotopic (exact) mass is 443 g/mol. The van der Waals surface area contributed by atoms with E-state index in [9.17, 15) is 9.90 Å². The molecular formula is C28H33N3O2. The van der Waals surface area contributed by atoms with Gasteiger partial charge in [-0.05, 0) is 74.1 Å². The molecule has 2 aliphatic rings. The minimum absolute atomic E-state index is 0.0795. The van der Waals surface area contributed by atoms with E-state index < -0.39 is 0 Å². The van der Waals surface area contributed by atoms with Gasteiger partial charge in [0.25, 0.3) is 5.91 Å². The van der Waals surface area contributed by atoms with E-state index >= 15 is 0 Å². The highest BCUT2D eigenvalue weighted by molar-refractivity contribution is 5.94. The van der Waals surface area contributed by atoms with Crippen molar-refractivity contribution in [3.05, 3.63) is 77.6 Å². The molecule has 2 aromatic carbocycles. The van der Waals surface area contributed by atoms with Crippen LogP contribution >= 0.6 is 0 Å². The molecule has 1 saturated carbocycles. The van der Waals surface area contributed by atoms with Crippen molar-refractivity contribution in [2.75, 3.05) is 13.1 Å². The van der Waals surface area contributed by atoms with Crippen LogP contribution in [0.5, 0.6) is 0 Å². The fourth-order valence-corrected chi connectivity index (χ4v) is 5.51. The van der Waals surface area contributed by atoms with Crippen molar-refractivity contribution in [1.82, 2.24) is 15.2 Å². The number of aliphatic hydroxyl groups excluding tert-OH is 1. The Balaban J connectivity index is 1.20. The van der Waals surface area contributed by atoms with Gasteiger partial charge < -0.3 is 15.3 Å². The lowest BCUT2D eigenvalue weighted by Crippen LogP contribution is -2.40. The third-order valence-corrected chi connectivity index (χ3v) is 7.41. The summed E-state index contributed by atoms with van der Waals surface area (Å²) in [6, 6.07) is 19.4. The lowest BCUT2D eigenvalue weighted by atomic mass is 9.96. The van der Waals surface area contributed by atoms with Crippen molar-refractivity contribution < 1.29 is 9.90 Å². The van der Waals surface area contributed by atoms with Crippen LogP contribution in [0.3, 0.4) is 0 Å². The minimum atomic E-state index is -0.264. The van der Waals surface area contributed by atoms with Crippen molar-refractivity contribution in [3.8, 4) is 0 Å². The molecule has 0 bridgehead atoms. The van der Waals surface area contributed by atoms with Crippen LogP contribution in [0.15, 0.2) is 60.8 Å². The molecule has 2 heterocycles. The van der Waals surface area contributed by atoms with E-state index in [1.807, 2.05) is 23.2 Å². The molecule has 0 radical (unpaired) electrons. The second kappa shape index (κ2) is 9.62. The summed E-state index contributed by atoms with van der Waals surface area (Å²) in [6.07, 6.45) is 6.40. The number of piperidine rings is 1. The number of hydrogen-bond donors (Lipinski definition) is 2. The number of hydrogen-bond acceptors (Lipinski definition) is 4. The normalized spacial score (nSPS) is 22.5. The van der Waals surface area contributed by atoms with Crippen molar-refractivity contribution >= 4 is 16.7 Å². The number of nitrogens with one attached hydrogen (secondary N) is 1.